The second-order valence-electron chi connectivity index (χ2n) is 8.43. The first kappa shape index (κ1) is 20.5. The minimum Gasteiger partial charge on any atom is -0.338 e. The first-order valence-corrected chi connectivity index (χ1v) is 12.8. The van der Waals surface area contributed by atoms with Crippen molar-refractivity contribution >= 4 is 56.6 Å². The summed E-state index contributed by atoms with van der Waals surface area (Å²) in [6.07, 6.45) is 4.34. The van der Waals surface area contributed by atoms with Gasteiger partial charge in [-0.2, -0.15) is 0 Å². The van der Waals surface area contributed by atoms with E-state index in [9.17, 15) is 9.59 Å². The molecule has 8 heteroatoms. The lowest BCUT2D eigenvalue weighted by molar-refractivity contribution is -0.115. The summed E-state index contributed by atoms with van der Waals surface area (Å²) in [5.74, 6) is 0.573. The summed E-state index contributed by atoms with van der Waals surface area (Å²) in [5, 5.41) is 6.75. The summed E-state index contributed by atoms with van der Waals surface area (Å²) in [7, 11) is 0. The highest BCUT2D eigenvalue weighted by molar-refractivity contribution is 8.00. The standard InChI is InChI=1S/C25H22N4O2S2/c1-13-23(30)28-18-12-14(10-11-20(18)32-13)24(31)29-25-21(15-6-2-5-9-19(15)33-25)22-26-16-7-3-4-8-17(16)27-22/h3-4,7-8,10-13H,2,5-6,9H2,1H3,(H,26,27)(H,28,30)(H,29,31). The lowest BCUT2D eigenvalue weighted by Gasteiger charge is -2.21. The molecule has 1 atom stereocenters. The van der Waals surface area contributed by atoms with E-state index in [4.69, 9.17) is 4.98 Å². The van der Waals surface area contributed by atoms with Crippen molar-refractivity contribution in [3.8, 4) is 11.4 Å². The fourth-order valence-electron chi connectivity index (χ4n) is 4.50. The number of aryl methyl sites for hydroxylation is 1. The van der Waals surface area contributed by atoms with Gasteiger partial charge in [0, 0.05) is 15.3 Å². The maximum absolute atomic E-state index is 13.3. The molecule has 0 saturated carbocycles. The van der Waals surface area contributed by atoms with E-state index >= 15 is 0 Å². The van der Waals surface area contributed by atoms with Crippen molar-refractivity contribution in [3.63, 3.8) is 0 Å². The van der Waals surface area contributed by atoms with Gasteiger partial charge in [-0.05, 0) is 68.5 Å². The van der Waals surface area contributed by atoms with E-state index in [-0.39, 0.29) is 17.1 Å². The van der Waals surface area contributed by atoms with Crippen molar-refractivity contribution in [1.82, 2.24) is 9.97 Å². The number of para-hydroxylation sites is 2. The molecule has 1 aliphatic heterocycles. The highest BCUT2D eigenvalue weighted by Crippen LogP contribution is 2.44. The summed E-state index contributed by atoms with van der Waals surface area (Å²) < 4.78 is 0. The Balaban J connectivity index is 1.37. The maximum Gasteiger partial charge on any atom is 0.256 e. The van der Waals surface area contributed by atoms with Crippen molar-refractivity contribution in [2.24, 2.45) is 0 Å². The Morgan fingerprint density at radius 2 is 2.00 bits per heavy atom. The van der Waals surface area contributed by atoms with Gasteiger partial charge >= 0.3 is 0 Å². The van der Waals surface area contributed by atoms with Crippen LogP contribution in [0.5, 0.6) is 0 Å². The van der Waals surface area contributed by atoms with Crippen LogP contribution in [0.4, 0.5) is 10.7 Å². The average Bonchev–Trinajstić information content (AvgIpc) is 3.40. The smallest absolute Gasteiger partial charge is 0.256 e. The molecule has 0 fully saturated rings. The van der Waals surface area contributed by atoms with Gasteiger partial charge in [0.05, 0.1) is 27.5 Å². The van der Waals surface area contributed by atoms with Crippen molar-refractivity contribution in [2.45, 2.75) is 42.8 Å². The lowest BCUT2D eigenvalue weighted by Crippen LogP contribution is -2.26. The molecule has 3 heterocycles. The Morgan fingerprint density at radius 1 is 1.15 bits per heavy atom. The third kappa shape index (κ3) is 3.63. The SMILES string of the molecule is CC1Sc2ccc(C(=O)Nc3sc4c(c3-c3nc5ccccc5[nH]3)CCCC4)cc2NC1=O. The van der Waals surface area contributed by atoms with Crippen LogP contribution in [0.2, 0.25) is 0 Å². The fourth-order valence-corrected chi connectivity index (χ4v) is 6.72. The normalized spacial score (nSPS) is 17.4. The zero-order chi connectivity index (χ0) is 22.5. The van der Waals surface area contributed by atoms with Crippen LogP contribution >= 0.6 is 23.1 Å². The molecule has 1 unspecified atom stereocenters. The van der Waals surface area contributed by atoms with Gasteiger partial charge < -0.3 is 15.6 Å². The molecule has 33 heavy (non-hydrogen) atoms. The lowest BCUT2D eigenvalue weighted by atomic mass is 9.95. The summed E-state index contributed by atoms with van der Waals surface area (Å²) in [4.78, 5) is 35.9. The minimum atomic E-state index is -0.188. The summed E-state index contributed by atoms with van der Waals surface area (Å²) in [5.41, 5.74) is 5.42. The number of H-pyrrole nitrogens is 1. The quantitative estimate of drug-likeness (QED) is 0.347. The first-order chi connectivity index (χ1) is 16.1. The van der Waals surface area contributed by atoms with E-state index in [0.717, 1.165) is 51.6 Å². The van der Waals surface area contributed by atoms with Crippen LogP contribution in [0.25, 0.3) is 22.4 Å². The molecule has 2 aromatic heterocycles. The number of hydrogen-bond donors (Lipinski definition) is 3. The minimum absolute atomic E-state index is 0.0387. The summed E-state index contributed by atoms with van der Waals surface area (Å²) in [6.45, 7) is 1.88. The van der Waals surface area contributed by atoms with Crippen LogP contribution in [0.3, 0.4) is 0 Å². The predicted octanol–water partition coefficient (Wildman–Crippen LogP) is 5.86. The number of amides is 2. The van der Waals surface area contributed by atoms with Crippen molar-refractivity contribution in [2.75, 3.05) is 10.6 Å². The van der Waals surface area contributed by atoms with Gasteiger partial charge in [0.2, 0.25) is 5.91 Å². The van der Waals surface area contributed by atoms with Gasteiger partial charge in [-0.3, -0.25) is 9.59 Å². The zero-order valence-corrected chi connectivity index (χ0v) is 19.7. The maximum atomic E-state index is 13.3. The molecule has 2 aliphatic rings. The molecule has 6 nitrogen and oxygen atoms in total. The molecular weight excluding hydrogens is 452 g/mol. The number of nitrogens with zero attached hydrogens (tertiary/aromatic N) is 1. The van der Waals surface area contributed by atoms with E-state index in [1.165, 1.54) is 28.6 Å². The van der Waals surface area contributed by atoms with Gasteiger partial charge in [-0.15, -0.1) is 23.1 Å². The number of imidazole rings is 1. The number of carbonyl (C=O) groups excluding carboxylic acids is 2. The number of aromatic nitrogens is 2. The highest BCUT2D eigenvalue weighted by Gasteiger charge is 2.27. The fraction of sp³-hybridized carbons (Fsp3) is 0.240. The van der Waals surface area contributed by atoms with Crippen LogP contribution in [0.15, 0.2) is 47.4 Å². The molecule has 2 aromatic carbocycles. The van der Waals surface area contributed by atoms with Gasteiger partial charge in [0.15, 0.2) is 0 Å². The number of thiophene rings is 1. The number of anilines is 2. The van der Waals surface area contributed by atoms with Crippen LogP contribution in [0, 0.1) is 0 Å². The van der Waals surface area contributed by atoms with Crippen molar-refractivity contribution in [3.05, 3.63) is 58.5 Å². The molecule has 4 aromatic rings. The second-order valence-corrected chi connectivity index (χ2v) is 10.9. The number of thioether (sulfide) groups is 1. The number of nitrogens with one attached hydrogen (secondary N) is 3. The molecule has 0 bridgehead atoms. The molecule has 1 aliphatic carbocycles. The number of rotatable bonds is 3. The molecule has 0 spiro atoms. The highest BCUT2D eigenvalue weighted by atomic mass is 32.2. The Hall–Kier alpha value is -3.10. The van der Waals surface area contributed by atoms with Crippen LogP contribution < -0.4 is 10.6 Å². The molecule has 0 radical (unpaired) electrons. The summed E-state index contributed by atoms with van der Waals surface area (Å²) in [6, 6.07) is 13.5. The molecular formula is C25H22N4O2S2. The Labute approximate surface area is 199 Å². The van der Waals surface area contributed by atoms with Crippen LogP contribution in [0.1, 0.15) is 40.6 Å². The first-order valence-electron chi connectivity index (χ1n) is 11.1. The van der Waals surface area contributed by atoms with E-state index in [1.54, 1.807) is 17.4 Å². The van der Waals surface area contributed by atoms with E-state index in [1.807, 2.05) is 43.3 Å². The molecule has 0 saturated heterocycles. The Morgan fingerprint density at radius 3 is 2.88 bits per heavy atom. The number of fused-ring (bicyclic) bond motifs is 3. The zero-order valence-electron chi connectivity index (χ0n) is 18.0. The Kier molecular flexibility index (Phi) is 4.99. The largest absolute Gasteiger partial charge is 0.338 e. The van der Waals surface area contributed by atoms with E-state index in [0.29, 0.717) is 11.3 Å². The Bertz CT molecular complexity index is 1390. The number of carbonyl (C=O) groups is 2. The summed E-state index contributed by atoms with van der Waals surface area (Å²) >= 11 is 3.16. The number of benzene rings is 2. The third-order valence-electron chi connectivity index (χ3n) is 6.20. The van der Waals surface area contributed by atoms with Crippen LogP contribution in [-0.2, 0) is 17.6 Å². The molecule has 166 valence electrons. The third-order valence-corrected chi connectivity index (χ3v) is 8.58. The average molecular weight is 475 g/mol. The van der Waals surface area contributed by atoms with Gasteiger partial charge in [0.1, 0.15) is 10.8 Å². The number of aromatic amines is 1. The van der Waals surface area contributed by atoms with Gasteiger partial charge in [-0.1, -0.05) is 12.1 Å². The van der Waals surface area contributed by atoms with E-state index < -0.39 is 0 Å². The molecule has 6 rings (SSSR count). The van der Waals surface area contributed by atoms with Gasteiger partial charge in [-0.25, -0.2) is 4.98 Å². The second kappa shape index (κ2) is 8.04. The monoisotopic (exact) mass is 474 g/mol. The van der Waals surface area contributed by atoms with E-state index in [2.05, 4.69) is 15.6 Å². The molecule has 2 amide bonds. The van der Waals surface area contributed by atoms with Gasteiger partial charge in [0.25, 0.3) is 5.91 Å². The predicted molar refractivity (Wildman–Crippen MR) is 134 cm³/mol. The molecule has 3 N–H and O–H groups in total. The van der Waals surface area contributed by atoms with Crippen molar-refractivity contribution in [1.29, 1.82) is 0 Å². The van der Waals surface area contributed by atoms with Crippen LogP contribution in [-0.4, -0.2) is 27.0 Å². The number of hydrogen-bond acceptors (Lipinski definition) is 5. The topological polar surface area (TPSA) is 86.9 Å². The van der Waals surface area contributed by atoms with Crippen molar-refractivity contribution < 1.29 is 9.59 Å².